The zero-order chi connectivity index (χ0) is 16.1. The van der Waals surface area contributed by atoms with E-state index in [4.69, 9.17) is 5.73 Å². The number of aliphatic imine (C=N–C) groups is 1. The van der Waals surface area contributed by atoms with Crippen LogP contribution < -0.4 is 5.73 Å². The van der Waals surface area contributed by atoms with Crippen LogP contribution in [0.2, 0.25) is 0 Å². The van der Waals surface area contributed by atoms with Crippen molar-refractivity contribution in [2.45, 2.75) is 44.9 Å². The number of piperidine rings is 1. The summed E-state index contributed by atoms with van der Waals surface area (Å²) in [4.78, 5) is 9.12. The Morgan fingerprint density at radius 2 is 1.83 bits per heavy atom. The van der Waals surface area contributed by atoms with Gasteiger partial charge in [-0.2, -0.15) is 0 Å². The molecular weight excluding hydrogens is 415 g/mol. The third-order valence-electron chi connectivity index (χ3n) is 4.85. The van der Waals surface area contributed by atoms with Crippen LogP contribution in [0.1, 0.15) is 36.8 Å². The molecule has 2 aliphatic heterocycles. The molecule has 2 fully saturated rings. The number of aliphatic hydroxyl groups excluding tert-OH is 1. The van der Waals surface area contributed by atoms with Gasteiger partial charge >= 0.3 is 0 Å². The molecule has 1 unspecified atom stereocenters. The smallest absolute Gasteiger partial charge is 0.191 e. The summed E-state index contributed by atoms with van der Waals surface area (Å²) in [5.41, 5.74) is 8.68. The molecule has 0 amide bonds. The predicted molar refractivity (Wildman–Crippen MR) is 109 cm³/mol. The van der Waals surface area contributed by atoms with Crippen LogP contribution in [0.15, 0.2) is 29.3 Å². The maximum atomic E-state index is 9.68. The summed E-state index contributed by atoms with van der Waals surface area (Å²) in [7, 11) is 0. The number of aliphatic hydroxyl groups is 1. The van der Waals surface area contributed by atoms with Crippen LogP contribution >= 0.6 is 24.0 Å². The van der Waals surface area contributed by atoms with Crippen molar-refractivity contribution in [3.63, 3.8) is 0 Å². The predicted octanol–water partition coefficient (Wildman–Crippen LogP) is 2.17. The standard InChI is InChI=1S/C18H28N4O.HI/c19-18(22-9-4-1-5-10-22)20-12-15-6-2-3-7-16(15)13-21-11-8-17(23)14-21;/h2-3,6-7,17,23H,1,4-5,8-14H2,(H2,19,20);1H. The fraction of sp³-hybridized carbons (Fsp3) is 0.611. The van der Waals surface area contributed by atoms with E-state index in [0.29, 0.717) is 12.5 Å². The molecule has 2 heterocycles. The van der Waals surface area contributed by atoms with E-state index in [1.54, 1.807) is 0 Å². The number of hydrogen-bond acceptors (Lipinski definition) is 3. The Labute approximate surface area is 161 Å². The molecule has 2 aliphatic rings. The van der Waals surface area contributed by atoms with Crippen LogP contribution in [-0.4, -0.2) is 53.1 Å². The van der Waals surface area contributed by atoms with Gasteiger partial charge in [0.25, 0.3) is 0 Å². The highest BCUT2D eigenvalue weighted by Crippen LogP contribution is 2.17. The second-order valence-corrected chi connectivity index (χ2v) is 6.67. The van der Waals surface area contributed by atoms with E-state index in [2.05, 4.69) is 39.1 Å². The van der Waals surface area contributed by atoms with Crippen molar-refractivity contribution < 1.29 is 5.11 Å². The fourth-order valence-electron chi connectivity index (χ4n) is 3.45. The number of nitrogens with zero attached hydrogens (tertiary/aromatic N) is 3. The molecule has 0 aromatic heterocycles. The van der Waals surface area contributed by atoms with E-state index in [1.807, 2.05) is 0 Å². The first-order valence-corrected chi connectivity index (χ1v) is 8.74. The highest BCUT2D eigenvalue weighted by atomic mass is 127. The molecule has 0 spiro atoms. The SMILES string of the molecule is I.NC(=NCc1ccccc1CN1CCC(O)C1)N1CCCCC1. The Morgan fingerprint density at radius 1 is 1.12 bits per heavy atom. The molecule has 1 aromatic rings. The summed E-state index contributed by atoms with van der Waals surface area (Å²) >= 11 is 0. The average molecular weight is 444 g/mol. The van der Waals surface area contributed by atoms with Gasteiger partial charge in [-0.05, 0) is 36.8 Å². The molecule has 0 aliphatic carbocycles. The summed E-state index contributed by atoms with van der Waals surface area (Å²) < 4.78 is 0. The molecule has 1 aromatic carbocycles. The second-order valence-electron chi connectivity index (χ2n) is 6.67. The monoisotopic (exact) mass is 444 g/mol. The molecule has 0 bridgehead atoms. The fourth-order valence-corrected chi connectivity index (χ4v) is 3.45. The minimum Gasteiger partial charge on any atom is -0.392 e. The summed E-state index contributed by atoms with van der Waals surface area (Å²) in [6.45, 7) is 5.31. The maximum Gasteiger partial charge on any atom is 0.191 e. The van der Waals surface area contributed by atoms with Crippen molar-refractivity contribution in [1.82, 2.24) is 9.80 Å². The van der Waals surface area contributed by atoms with E-state index in [1.165, 1.54) is 30.4 Å². The number of likely N-dealkylation sites (tertiary alicyclic amines) is 2. The van der Waals surface area contributed by atoms with Gasteiger partial charge in [0.2, 0.25) is 0 Å². The van der Waals surface area contributed by atoms with Gasteiger partial charge < -0.3 is 15.7 Å². The zero-order valence-electron chi connectivity index (χ0n) is 14.2. The Morgan fingerprint density at radius 3 is 2.50 bits per heavy atom. The molecule has 3 N–H and O–H groups in total. The third-order valence-corrected chi connectivity index (χ3v) is 4.85. The van der Waals surface area contributed by atoms with Crippen LogP contribution in [0.4, 0.5) is 0 Å². The van der Waals surface area contributed by atoms with Crippen LogP contribution in [0.3, 0.4) is 0 Å². The quantitative estimate of drug-likeness (QED) is 0.425. The summed E-state index contributed by atoms with van der Waals surface area (Å²) in [5, 5.41) is 9.68. The van der Waals surface area contributed by atoms with Crippen molar-refractivity contribution >= 4 is 29.9 Å². The van der Waals surface area contributed by atoms with Gasteiger partial charge in [0, 0.05) is 32.7 Å². The lowest BCUT2D eigenvalue weighted by atomic mass is 10.1. The van der Waals surface area contributed by atoms with Crippen molar-refractivity contribution in [3.8, 4) is 0 Å². The van der Waals surface area contributed by atoms with Crippen molar-refractivity contribution in [3.05, 3.63) is 35.4 Å². The van der Waals surface area contributed by atoms with Crippen molar-refractivity contribution in [1.29, 1.82) is 0 Å². The van der Waals surface area contributed by atoms with Crippen LogP contribution in [0.25, 0.3) is 0 Å². The van der Waals surface area contributed by atoms with Gasteiger partial charge in [0.05, 0.1) is 12.6 Å². The van der Waals surface area contributed by atoms with Gasteiger partial charge in [-0.25, -0.2) is 4.99 Å². The molecule has 134 valence electrons. The summed E-state index contributed by atoms with van der Waals surface area (Å²) in [5.74, 6) is 0.677. The lowest BCUT2D eigenvalue weighted by Gasteiger charge is -2.27. The highest BCUT2D eigenvalue weighted by Gasteiger charge is 2.20. The minimum atomic E-state index is -0.171. The van der Waals surface area contributed by atoms with Crippen LogP contribution in [-0.2, 0) is 13.1 Å². The van der Waals surface area contributed by atoms with Crippen molar-refractivity contribution in [2.75, 3.05) is 26.2 Å². The number of nitrogens with two attached hydrogens (primary N) is 1. The topological polar surface area (TPSA) is 65.1 Å². The Hall–Kier alpha value is -0.860. The van der Waals surface area contributed by atoms with E-state index in [0.717, 1.165) is 39.1 Å². The number of guanidine groups is 1. The number of rotatable bonds is 4. The zero-order valence-corrected chi connectivity index (χ0v) is 16.6. The van der Waals surface area contributed by atoms with Gasteiger partial charge in [-0.1, -0.05) is 24.3 Å². The molecule has 24 heavy (non-hydrogen) atoms. The van der Waals surface area contributed by atoms with E-state index < -0.39 is 0 Å². The Kier molecular flexibility index (Phi) is 7.77. The first-order chi connectivity index (χ1) is 11.2. The molecule has 0 radical (unpaired) electrons. The lowest BCUT2D eigenvalue weighted by Crippen LogP contribution is -2.40. The second kappa shape index (κ2) is 9.58. The maximum absolute atomic E-state index is 9.68. The molecule has 0 saturated carbocycles. The van der Waals surface area contributed by atoms with Gasteiger partial charge in [0.15, 0.2) is 5.96 Å². The summed E-state index contributed by atoms with van der Waals surface area (Å²) in [6.07, 6.45) is 4.43. The van der Waals surface area contributed by atoms with Crippen LogP contribution in [0.5, 0.6) is 0 Å². The Bertz CT molecular complexity index is 546. The number of halogens is 1. The highest BCUT2D eigenvalue weighted by molar-refractivity contribution is 14.0. The van der Waals surface area contributed by atoms with Crippen LogP contribution in [0, 0.1) is 0 Å². The number of β-amino-alcohol motifs (C(OH)–C–C–N with tert-alkyl or cyclic N) is 1. The summed E-state index contributed by atoms with van der Waals surface area (Å²) in [6, 6.07) is 8.43. The normalized spacial score (nSPS) is 22.5. The lowest BCUT2D eigenvalue weighted by molar-refractivity contribution is 0.174. The van der Waals surface area contributed by atoms with Gasteiger partial charge in [-0.3, -0.25) is 4.90 Å². The molecule has 6 heteroatoms. The first kappa shape index (κ1) is 19.5. The van der Waals surface area contributed by atoms with Gasteiger partial charge in [-0.15, -0.1) is 24.0 Å². The molecule has 2 saturated heterocycles. The van der Waals surface area contributed by atoms with Gasteiger partial charge in [0.1, 0.15) is 0 Å². The third kappa shape index (κ3) is 5.32. The average Bonchev–Trinajstić information content (AvgIpc) is 2.99. The molecule has 1 atom stereocenters. The Balaban J connectivity index is 0.00000208. The minimum absolute atomic E-state index is 0. The number of benzene rings is 1. The van der Waals surface area contributed by atoms with Crippen molar-refractivity contribution in [2.24, 2.45) is 10.7 Å². The van der Waals surface area contributed by atoms with E-state index in [-0.39, 0.29) is 30.1 Å². The molecule has 3 rings (SSSR count). The molecule has 5 nitrogen and oxygen atoms in total. The molecular formula is C18H29IN4O. The largest absolute Gasteiger partial charge is 0.392 e. The van der Waals surface area contributed by atoms with E-state index >= 15 is 0 Å². The number of hydrogen-bond donors (Lipinski definition) is 2. The van der Waals surface area contributed by atoms with E-state index in [9.17, 15) is 5.11 Å². The first-order valence-electron chi connectivity index (χ1n) is 8.74.